The first-order chi connectivity index (χ1) is 16.0. The van der Waals surface area contributed by atoms with Crippen molar-refractivity contribution in [1.82, 2.24) is 4.40 Å². The number of ether oxygens (including phenoxy) is 2. The molecule has 0 bridgehead atoms. The van der Waals surface area contributed by atoms with E-state index in [9.17, 15) is 14.4 Å². The Bertz CT molecular complexity index is 1360. The molecule has 3 heterocycles. The van der Waals surface area contributed by atoms with Gasteiger partial charge in [-0.2, -0.15) is 0 Å². The molecule has 0 unspecified atom stereocenters. The number of hydrogen-bond acceptors (Lipinski definition) is 7. The number of aromatic nitrogens is 1. The van der Waals surface area contributed by atoms with Crippen molar-refractivity contribution in [2.75, 3.05) is 19.0 Å². The summed E-state index contributed by atoms with van der Waals surface area (Å²) in [5.74, 6) is -0.986. The number of hydrogen-bond donors (Lipinski definition) is 0. The number of rotatable bonds is 8. The van der Waals surface area contributed by atoms with Gasteiger partial charge in [-0.3, -0.25) is 9.59 Å². The summed E-state index contributed by atoms with van der Waals surface area (Å²) in [5, 5.41) is 1.05. The average molecular weight is 502 g/mol. The minimum Gasteiger partial charge on any atom is -0.465 e. The normalized spacial score (nSPS) is 11.1. The highest BCUT2D eigenvalue weighted by molar-refractivity contribution is 8.02. The molecule has 0 aliphatic rings. The molecule has 0 amide bonds. The van der Waals surface area contributed by atoms with E-state index in [0.717, 1.165) is 4.21 Å². The van der Waals surface area contributed by atoms with Gasteiger partial charge in [0, 0.05) is 22.2 Å². The van der Waals surface area contributed by atoms with Gasteiger partial charge in [0.2, 0.25) is 5.78 Å². The first-order valence-corrected chi connectivity index (χ1v) is 12.5. The van der Waals surface area contributed by atoms with Gasteiger partial charge in [-0.05, 0) is 50.2 Å². The summed E-state index contributed by atoms with van der Waals surface area (Å²) in [6.07, 6.45) is 1.83. The third-order valence-electron chi connectivity index (χ3n) is 4.88. The van der Waals surface area contributed by atoms with Crippen LogP contribution in [0.25, 0.3) is 16.4 Å². The fourth-order valence-electron chi connectivity index (χ4n) is 3.55. The number of halogens is 1. The predicted octanol–water partition coefficient (Wildman–Crippen LogP) is 5.87. The Morgan fingerprint density at radius 1 is 1.03 bits per heavy atom. The summed E-state index contributed by atoms with van der Waals surface area (Å²) in [4.78, 5) is 39.0. The SMILES string of the molecule is CCOC(=O)CSc1sc(C(=O)c2ccc(Cl)cc2)c2c(C(=O)OCC)c3ccccn3c12. The number of carbonyl (C=O) groups is 3. The molecule has 0 saturated carbocycles. The Hall–Kier alpha value is -2.81. The van der Waals surface area contributed by atoms with Crippen LogP contribution in [0, 0.1) is 0 Å². The number of esters is 2. The Labute approximate surface area is 203 Å². The molecular weight excluding hydrogens is 482 g/mol. The lowest BCUT2D eigenvalue weighted by Crippen LogP contribution is -2.06. The number of benzene rings is 1. The van der Waals surface area contributed by atoms with Crippen LogP contribution in [-0.2, 0) is 14.3 Å². The van der Waals surface area contributed by atoms with Gasteiger partial charge in [0.1, 0.15) is 0 Å². The standard InChI is InChI=1S/C24H20ClNO5S2/c1-3-30-17(27)13-32-24-20-19(22(33-24)21(28)14-8-10-15(25)11-9-14)18(23(29)31-4-2)16-7-5-6-12-26(16)20/h5-12H,3-4,13H2,1-2H3. The van der Waals surface area contributed by atoms with Crippen molar-refractivity contribution < 1.29 is 23.9 Å². The predicted molar refractivity (Wildman–Crippen MR) is 131 cm³/mol. The second-order valence-corrected chi connectivity index (χ2v) is 9.62. The third-order valence-corrected chi connectivity index (χ3v) is 7.54. The fourth-order valence-corrected chi connectivity index (χ4v) is 6.00. The second kappa shape index (κ2) is 9.99. The number of thiophene rings is 1. The molecule has 0 aliphatic carbocycles. The van der Waals surface area contributed by atoms with Crippen LogP contribution in [-0.4, -0.2) is 41.1 Å². The van der Waals surface area contributed by atoms with Crippen LogP contribution < -0.4 is 0 Å². The summed E-state index contributed by atoms with van der Waals surface area (Å²) < 4.78 is 13.0. The highest BCUT2D eigenvalue weighted by atomic mass is 35.5. The molecule has 0 fully saturated rings. The van der Waals surface area contributed by atoms with Crippen LogP contribution in [0.1, 0.15) is 39.4 Å². The van der Waals surface area contributed by atoms with E-state index >= 15 is 0 Å². The highest BCUT2D eigenvalue weighted by Gasteiger charge is 2.29. The van der Waals surface area contributed by atoms with Crippen LogP contribution in [0.3, 0.4) is 0 Å². The van der Waals surface area contributed by atoms with Crippen molar-refractivity contribution in [3.8, 4) is 0 Å². The molecular formula is C24H20ClNO5S2. The van der Waals surface area contributed by atoms with Gasteiger partial charge in [0.25, 0.3) is 0 Å². The third kappa shape index (κ3) is 4.51. The smallest absolute Gasteiger partial charge is 0.341 e. The molecule has 4 aromatic rings. The summed E-state index contributed by atoms with van der Waals surface area (Å²) in [6.45, 7) is 3.99. The van der Waals surface area contributed by atoms with E-state index in [1.807, 2.05) is 28.8 Å². The number of nitrogens with zero attached hydrogens (tertiary/aromatic N) is 1. The molecule has 170 valence electrons. The Kier molecular flexibility index (Phi) is 7.07. The zero-order valence-corrected chi connectivity index (χ0v) is 20.3. The van der Waals surface area contributed by atoms with Gasteiger partial charge in [-0.15, -0.1) is 23.1 Å². The van der Waals surface area contributed by atoms with E-state index in [4.69, 9.17) is 21.1 Å². The maximum absolute atomic E-state index is 13.5. The van der Waals surface area contributed by atoms with E-state index in [1.54, 1.807) is 38.1 Å². The maximum atomic E-state index is 13.5. The molecule has 9 heteroatoms. The van der Waals surface area contributed by atoms with Gasteiger partial charge in [-0.1, -0.05) is 17.7 Å². The molecule has 0 spiro atoms. The minimum absolute atomic E-state index is 0.0901. The second-order valence-electron chi connectivity index (χ2n) is 6.92. The van der Waals surface area contributed by atoms with Crippen LogP contribution in [0.5, 0.6) is 0 Å². The molecule has 3 aromatic heterocycles. The summed E-state index contributed by atoms with van der Waals surface area (Å²) >= 11 is 8.53. The van der Waals surface area contributed by atoms with E-state index < -0.39 is 5.97 Å². The number of fused-ring (bicyclic) bond motifs is 3. The average Bonchev–Trinajstić information content (AvgIpc) is 3.34. The van der Waals surface area contributed by atoms with Crippen molar-refractivity contribution in [1.29, 1.82) is 0 Å². The first-order valence-electron chi connectivity index (χ1n) is 10.3. The van der Waals surface area contributed by atoms with Gasteiger partial charge >= 0.3 is 11.9 Å². The van der Waals surface area contributed by atoms with Crippen molar-refractivity contribution in [3.63, 3.8) is 0 Å². The number of ketones is 1. The molecule has 0 radical (unpaired) electrons. The van der Waals surface area contributed by atoms with E-state index in [1.165, 1.54) is 23.1 Å². The first kappa shape index (κ1) is 23.4. The van der Waals surface area contributed by atoms with Crippen molar-refractivity contribution in [2.24, 2.45) is 0 Å². The lowest BCUT2D eigenvalue weighted by Gasteiger charge is -2.04. The molecule has 33 heavy (non-hydrogen) atoms. The molecule has 0 saturated heterocycles. The Morgan fingerprint density at radius 2 is 1.76 bits per heavy atom. The molecule has 0 atom stereocenters. The molecule has 0 N–H and O–H groups in total. The lowest BCUT2D eigenvalue weighted by atomic mass is 10.1. The molecule has 0 aliphatic heterocycles. The summed E-state index contributed by atoms with van der Waals surface area (Å²) in [7, 11) is 0. The summed E-state index contributed by atoms with van der Waals surface area (Å²) in [5.41, 5.74) is 2.13. The maximum Gasteiger partial charge on any atom is 0.341 e. The van der Waals surface area contributed by atoms with Gasteiger partial charge in [-0.25, -0.2) is 4.79 Å². The van der Waals surface area contributed by atoms with Crippen LogP contribution >= 0.6 is 34.7 Å². The summed E-state index contributed by atoms with van der Waals surface area (Å²) in [6, 6.07) is 12.1. The zero-order chi connectivity index (χ0) is 23.5. The van der Waals surface area contributed by atoms with Gasteiger partial charge in [0.05, 0.1) is 44.6 Å². The number of pyridine rings is 1. The number of carbonyl (C=O) groups excluding carboxylic acids is 3. The lowest BCUT2D eigenvalue weighted by molar-refractivity contribution is -0.139. The fraction of sp³-hybridized carbons (Fsp3) is 0.208. The minimum atomic E-state index is -0.499. The van der Waals surface area contributed by atoms with Crippen LogP contribution in [0.15, 0.2) is 52.9 Å². The molecule has 1 aromatic carbocycles. The van der Waals surface area contributed by atoms with Crippen LogP contribution in [0.2, 0.25) is 5.02 Å². The Morgan fingerprint density at radius 3 is 2.45 bits per heavy atom. The van der Waals surface area contributed by atoms with Crippen molar-refractivity contribution in [3.05, 3.63) is 69.7 Å². The molecule has 4 rings (SSSR count). The number of thioether (sulfide) groups is 1. The van der Waals surface area contributed by atoms with Gasteiger partial charge in [0.15, 0.2) is 0 Å². The Balaban J connectivity index is 1.96. The van der Waals surface area contributed by atoms with Crippen molar-refractivity contribution >= 4 is 68.8 Å². The van der Waals surface area contributed by atoms with E-state index in [0.29, 0.717) is 44.1 Å². The topological polar surface area (TPSA) is 74.1 Å². The van der Waals surface area contributed by atoms with Crippen LogP contribution in [0.4, 0.5) is 0 Å². The van der Waals surface area contributed by atoms with Crippen molar-refractivity contribution in [2.45, 2.75) is 18.1 Å². The van der Waals surface area contributed by atoms with E-state index in [-0.39, 0.29) is 24.1 Å². The monoisotopic (exact) mass is 501 g/mol. The zero-order valence-electron chi connectivity index (χ0n) is 17.9. The van der Waals surface area contributed by atoms with E-state index in [2.05, 4.69) is 0 Å². The quantitative estimate of drug-likeness (QED) is 0.171. The largest absolute Gasteiger partial charge is 0.465 e. The molecule has 6 nitrogen and oxygen atoms in total. The highest BCUT2D eigenvalue weighted by Crippen LogP contribution is 2.43. The van der Waals surface area contributed by atoms with Gasteiger partial charge < -0.3 is 13.9 Å².